The molecule has 12 unspecified atom stereocenters. The van der Waals surface area contributed by atoms with Crippen molar-refractivity contribution in [3.8, 4) is 6.07 Å². The molecule has 0 bridgehead atoms. The lowest BCUT2D eigenvalue weighted by molar-refractivity contribution is -0.154. The summed E-state index contributed by atoms with van der Waals surface area (Å²) in [6, 6.07) is 43.2. The Labute approximate surface area is 767 Å². The highest BCUT2D eigenvalue weighted by atomic mass is 32.2. The number of ether oxygens (including phenoxy) is 6. The van der Waals surface area contributed by atoms with Crippen LogP contribution in [-0.4, -0.2) is 199 Å². The summed E-state index contributed by atoms with van der Waals surface area (Å²) < 4.78 is 187. The first-order valence-electron chi connectivity index (χ1n) is 43.2. The third kappa shape index (κ3) is 24.2. The van der Waals surface area contributed by atoms with Gasteiger partial charge in [-0.05, 0) is 253 Å². The first-order valence-corrected chi connectivity index (χ1v) is 52.1. The van der Waals surface area contributed by atoms with Gasteiger partial charge >= 0.3 is 11.9 Å². The van der Waals surface area contributed by atoms with E-state index in [2.05, 4.69) is 20.5 Å². The molecule has 15 rings (SSSR count). The number of carboxylic acids is 1. The lowest BCUT2D eigenvalue weighted by Crippen LogP contribution is -2.49. The highest BCUT2D eigenvalue weighted by Gasteiger charge is 2.53. The van der Waals surface area contributed by atoms with Crippen LogP contribution in [0.5, 0.6) is 0 Å². The maximum absolute atomic E-state index is 13.2. The molecule has 33 nitrogen and oxygen atoms in total. The van der Waals surface area contributed by atoms with Crippen LogP contribution in [0, 0.1) is 58.8 Å². The van der Waals surface area contributed by atoms with Crippen molar-refractivity contribution in [2.45, 2.75) is 286 Å². The number of benzene rings is 6. The highest BCUT2D eigenvalue weighted by Crippen LogP contribution is 2.46. The van der Waals surface area contributed by atoms with E-state index in [1.807, 2.05) is 84.0 Å². The van der Waals surface area contributed by atoms with E-state index in [1.165, 1.54) is 0 Å². The van der Waals surface area contributed by atoms with E-state index >= 15 is 0 Å². The number of hydrogen-bond acceptors (Lipinski definition) is 29. The molecule has 714 valence electrons. The number of aliphatic carboxylic acids is 1. The van der Waals surface area contributed by atoms with Gasteiger partial charge in [0.05, 0.1) is 69.8 Å². The number of aromatic nitrogens is 2. The second-order valence-corrected chi connectivity index (χ2v) is 51.1. The second kappa shape index (κ2) is 42.0. The summed E-state index contributed by atoms with van der Waals surface area (Å²) in [5.74, 6) is -0.855. The molecule has 12 atom stereocenters. The van der Waals surface area contributed by atoms with Crippen molar-refractivity contribution < 1.29 is 113 Å². The Morgan fingerprint density at radius 1 is 0.420 bits per heavy atom. The molecule has 39 heteroatoms. The molecule has 2 aliphatic carbocycles. The molecule has 6 saturated heterocycles. The zero-order valence-electron chi connectivity index (χ0n) is 75.7. The number of primary amides is 1. The van der Waals surface area contributed by atoms with Gasteiger partial charge in [-0.25, -0.2) is 60.1 Å². The van der Waals surface area contributed by atoms with E-state index in [0.717, 1.165) is 59.1 Å². The average Bonchev–Trinajstić information content (AvgIpc) is 1.73. The predicted molar refractivity (Wildman–Crippen MR) is 486 cm³/mol. The fourth-order valence-corrected chi connectivity index (χ4v) is 27.5. The Morgan fingerprint density at radius 3 is 1.03 bits per heavy atom. The SMILES string of the molecule is Cc1cccc(S(=O)(=O)C2(C)CCOC(/C(N)=N/O)C2)c1.Cc1cccc(S(=O)(=O)C2(C)CCOC(/C(N)=N/OC(=O)C3CC3)C2)c1.Cc1cccc(S(=O)(=O)C2(C)CCOC(C#N)C2)c1.Cc1cccc(S(=O)(=O)C2(C)CCOC(C(=O)O)C2)c1.Cc1cccc(S(=O)(=O)C2(C)CCOC(C(N)=O)C2)c1.Cc1cccc(S(=O)(=O)C2(C)CCOC(c3noc(C4CC4)n3)C2)c1. The number of nitrogens with two attached hydrogens (primary N) is 3. The number of oxime groups is 2. The number of rotatable bonds is 20. The Morgan fingerprint density at radius 2 is 0.718 bits per heavy atom. The van der Waals surface area contributed by atoms with Gasteiger partial charge < -0.3 is 65.3 Å². The summed E-state index contributed by atoms with van der Waals surface area (Å²) >= 11 is 0. The molecular formula is C92H120N8O25S6. The zero-order valence-corrected chi connectivity index (χ0v) is 80.6. The molecule has 6 aromatic carbocycles. The van der Waals surface area contributed by atoms with Crippen LogP contribution in [0.1, 0.15) is 201 Å². The second-order valence-electron chi connectivity index (χ2n) is 36.4. The Balaban J connectivity index is 0.000000164. The Kier molecular flexibility index (Phi) is 33.2. The topological polar surface area (TPSA) is 527 Å². The van der Waals surface area contributed by atoms with Crippen molar-refractivity contribution in [2.75, 3.05) is 39.6 Å². The number of carbonyl (C=O) groups excluding carboxylic acids is 2. The minimum absolute atomic E-state index is 0.00985. The molecule has 0 spiro atoms. The lowest BCUT2D eigenvalue weighted by atomic mass is 9.96. The number of carbonyl (C=O) groups is 3. The van der Waals surface area contributed by atoms with E-state index in [9.17, 15) is 64.9 Å². The molecule has 8 N–H and O–H groups in total. The first-order chi connectivity index (χ1) is 61.3. The van der Waals surface area contributed by atoms with E-state index in [4.69, 9.17) is 70.6 Å². The Hall–Kier alpha value is -9.44. The van der Waals surface area contributed by atoms with Crippen LogP contribution in [0.4, 0.5) is 0 Å². The number of carboxylic acid groups (broad SMARTS) is 1. The van der Waals surface area contributed by atoms with Crippen LogP contribution < -0.4 is 17.2 Å². The summed E-state index contributed by atoms with van der Waals surface area (Å²) in [6.45, 7) is 22.8. The molecule has 8 fully saturated rings. The number of hydrogen-bond donors (Lipinski definition) is 5. The molecule has 7 heterocycles. The van der Waals surface area contributed by atoms with Gasteiger partial charge in [-0.1, -0.05) is 88.3 Å². The summed E-state index contributed by atoms with van der Waals surface area (Å²) in [6.07, 6.45) is 2.56. The van der Waals surface area contributed by atoms with Crippen molar-refractivity contribution in [2.24, 2.45) is 33.4 Å². The third-order valence-electron chi connectivity index (χ3n) is 25.4. The van der Waals surface area contributed by atoms with Gasteiger partial charge in [0.2, 0.25) is 17.6 Å². The summed E-state index contributed by atoms with van der Waals surface area (Å²) in [5, 5.41) is 37.3. The maximum atomic E-state index is 13.2. The number of amidine groups is 2. The summed E-state index contributed by atoms with van der Waals surface area (Å²) in [7, 11) is -21.2. The summed E-state index contributed by atoms with van der Waals surface area (Å²) in [4.78, 5) is 44.9. The molecule has 2 saturated carbocycles. The van der Waals surface area contributed by atoms with Crippen LogP contribution in [0.2, 0.25) is 0 Å². The lowest BCUT2D eigenvalue weighted by Gasteiger charge is -2.37. The average molecular weight is 1930 g/mol. The van der Waals surface area contributed by atoms with Gasteiger partial charge in [-0.15, -0.1) is 0 Å². The van der Waals surface area contributed by atoms with E-state index in [1.54, 1.807) is 151 Å². The van der Waals surface area contributed by atoms with E-state index in [0.29, 0.717) is 90.5 Å². The van der Waals surface area contributed by atoms with Gasteiger partial charge in [-0.3, -0.25) is 4.79 Å². The van der Waals surface area contributed by atoms with Gasteiger partial charge in [0.1, 0.15) is 30.5 Å². The first kappa shape index (κ1) is 104. The van der Waals surface area contributed by atoms with Gasteiger partial charge in [-0.2, -0.15) is 10.2 Å². The third-order valence-corrected chi connectivity index (χ3v) is 40.7. The van der Waals surface area contributed by atoms with Crippen LogP contribution >= 0.6 is 0 Å². The van der Waals surface area contributed by atoms with Crippen molar-refractivity contribution >= 4 is 88.5 Å². The Bertz CT molecular complexity index is 6030. The largest absolute Gasteiger partial charge is 0.479 e. The minimum atomic E-state index is -3.59. The number of amides is 1. The molecule has 7 aromatic rings. The molecule has 8 aliphatic rings. The van der Waals surface area contributed by atoms with Gasteiger partial charge in [0.15, 0.2) is 76.8 Å². The maximum Gasteiger partial charge on any atom is 0.338 e. The number of aryl methyl sites for hydroxylation is 6. The fraction of sp³-hybridized carbons (Fsp3) is 0.522. The quantitative estimate of drug-likeness (QED) is 0.0156. The van der Waals surface area contributed by atoms with Crippen molar-refractivity contribution in [3.63, 3.8) is 0 Å². The molecule has 1 aromatic heterocycles. The fourth-order valence-electron chi connectivity index (χ4n) is 16.1. The molecule has 131 heavy (non-hydrogen) atoms. The van der Waals surface area contributed by atoms with Crippen molar-refractivity contribution in [3.05, 3.63) is 191 Å². The van der Waals surface area contributed by atoms with Crippen molar-refractivity contribution in [1.29, 1.82) is 5.26 Å². The number of sulfone groups is 6. The minimum Gasteiger partial charge on any atom is -0.479 e. The van der Waals surface area contributed by atoms with Crippen LogP contribution in [0.3, 0.4) is 0 Å². The summed E-state index contributed by atoms with van der Waals surface area (Å²) in [5.41, 5.74) is 22.0. The van der Waals surface area contributed by atoms with E-state index in [-0.39, 0.29) is 90.8 Å². The number of nitrogens with zero attached hydrogens (tertiary/aromatic N) is 5. The van der Waals surface area contributed by atoms with E-state index < -0.39 is 142 Å². The highest BCUT2D eigenvalue weighted by molar-refractivity contribution is 7.94. The van der Waals surface area contributed by atoms with Gasteiger partial charge in [0, 0.05) is 84.1 Å². The van der Waals surface area contributed by atoms with Crippen LogP contribution in [-0.2, 0) is 107 Å². The molecule has 1 amide bonds. The van der Waals surface area contributed by atoms with Crippen molar-refractivity contribution in [1.82, 2.24) is 10.1 Å². The monoisotopic (exact) mass is 1930 g/mol. The molecule has 6 aliphatic heterocycles. The predicted octanol–water partition coefficient (Wildman–Crippen LogP) is 11.9. The normalized spacial score (nSPS) is 27.4. The molecular weight excluding hydrogens is 1810 g/mol. The van der Waals surface area contributed by atoms with Crippen LogP contribution in [0.15, 0.2) is 190 Å². The number of nitriles is 1. The van der Waals surface area contributed by atoms with Crippen LogP contribution in [0.25, 0.3) is 0 Å². The smallest absolute Gasteiger partial charge is 0.338 e. The standard InChI is InChI=1S/C18H24N2O5S.C18H22N2O4S.C14H20N2O4S.C14H19NO4S.C14H17NO3S.C14H18O5S/c1-12-4-3-5-14(10-12)26(22,23)18(2)8-9-24-15(11-18)16(19)20-25-17(21)13-6-7-13;1-12-4-3-5-14(10-12)25(21,22)18(2)8-9-23-15(11-18)16-19-17(24-20-16)13-6-7-13;1-10-4-3-5-11(8-10)21(18,19)14(2)6-7-20-12(9-14)13(15)16-17;1-10-4-3-5-11(8-10)20(17,18)14(2)6-7-19-12(9-14)13(15)16;1-11-4-3-5-13(8-11)19(16,17)14(2)6-7-18-12(9-14)10-15;1-10-4-3-5-11(8-10)20(17,18)14(2)6-7-19-12(9-14)13(15)16/h3-5,10,13,15H,6-9,11H2,1-2H3,(H2,19,20);3-5,10,13,15H,6-9,11H2,1-2H3;3-5,8,12,17H,6-7,9H2,1-2H3,(H2,15,16);3-5,8,12H,6-7,9H2,1-2H3,(H2,15,16);3-5,8,12H,6-7,9H2,1-2H3;3-5,8,12H,6-7,9H2,1-2H3,(H,15,16). The molecule has 0 radical (unpaired) electrons. The van der Waals surface area contributed by atoms with Gasteiger partial charge in [0.25, 0.3) is 0 Å². The zero-order chi connectivity index (χ0) is 96.3.